The number of hydrogen-bond donors (Lipinski definition) is 1. The number of aromatic nitrogens is 2. The fourth-order valence-corrected chi connectivity index (χ4v) is 3.90. The number of fused-ring (bicyclic) bond motifs is 1. The van der Waals surface area contributed by atoms with Gasteiger partial charge in [0.05, 0.1) is 0 Å². The van der Waals surface area contributed by atoms with Gasteiger partial charge in [0.25, 0.3) is 0 Å². The molecule has 1 saturated carbocycles. The molecule has 3 rings (SSSR count). The van der Waals surface area contributed by atoms with Crippen molar-refractivity contribution in [1.29, 1.82) is 0 Å². The minimum atomic E-state index is 0.181. The molecule has 2 aliphatic rings. The Morgan fingerprint density at radius 2 is 2.09 bits per heavy atom. The quantitative estimate of drug-likeness (QED) is 0.930. The predicted molar refractivity (Wildman–Crippen MR) is 86.8 cm³/mol. The number of carbonyl (C=O) groups excluding carboxylic acids is 1. The van der Waals surface area contributed by atoms with Crippen LogP contribution in [0.25, 0.3) is 0 Å². The van der Waals surface area contributed by atoms with E-state index in [2.05, 4.69) is 27.1 Å². The van der Waals surface area contributed by atoms with Crippen molar-refractivity contribution in [1.82, 2.24) is 15.3 Å². The number of hydrogen-bond acceptors (Lipinski definition) is 4. The lowest BCUT2D eigenvalue weighted by atomic mass is 9.79. The van der Waals surface area contributed by atoms with Crippen molar-refractivity contribution in [2.45, 2.75) is 52.5 Å². The van der Waals surface area contributed by atoms with Crippen LogP contribution in [0.2, 0.25) is 0 Å². The Balaban J connectivity index is 1.67. The highest BCUT2D eigenvalue weighted by Crippen LogP contribution is 2.38. The summed E-state index contributed by atoms with van der Waals surface area (Å²) in [6.07, 6.45) is 5.93. The second-order valence-corrected chi connectivity index (χ2v) is 6.78. The third-order valence-electron chi connectivity index (χ3n) is 5.10. The van der Waals surface area contributed by atoms with Crippen LogP contribution in [0.4, 0.5) is 5.82 Å². The van der Waals surface area contributed by atoms with Gasteiger partial charge in [0.15, 0.2) is 0 Å². The molecule has 1 aromatic rings. The van der Waals surface area contributed by atoms with Crippen molar-refractivity contribution in [3.8, 4) is 0 Å². The number of carbonyl (C=O) groups is 1. The number of anilines is 1. The van der Waals surface area contributed by atoms with Gasteiger partial charge in [0.1, 0.15) is 11.6 Å². The molecule has 1 saturated heterocycles. The Morgan fingerprint density at radius 3 is 2.86 bits per heavy atom. The van der Waals surface area contributed by atoms with Gasteiger partial charge in [-0.25, -0.2) is 9.97 Å². The van der Waals surface area contributed by atoms with E-state index in [0.717, 1.165) is 49.1 Å². The summed E-state index contributed by atoms with van der Waals surface area (Å²) in [5.74, 6) is 3.52. The van der Waals surface area contributed by atoms with Crippen molar-refractivity contribution in [3.63, 3.8) is 0 Å². The smallest absolute Gasteiger partial charge is 0.219 e. The van der Waals surface area contributed by atoms with Crippen LogP contribution in [0.15, 0.2) is 6.20 Å². The van der Waals surface area contributed by atoms with Crippen molar-refractivity contribution < 1.29 is 4.79 Å². The first-order chi connectivity index (χ1) is 10.6. The van der Waals surface area contributed by atoms with Gasteiger partial charge < -0.3 is 10.2 Å². The fraction of sp³-hybridized carbons (Fsp3) is 0.706. The molecular formula is C17H26N4O. The topological polar surface area (TPSA) is 58.1 Å². The zero-order valence-corrected chi connectivity index (χ0v) is 13.8. The molecular weight excluding hydrogens is 276 g/mol. The fourth-order valence-electron chi connectivity index (χ4n) is 3.90. The number of rotatable bonds is 3. The molecule has 3 atom stereocenters. The summed E-state index contributed by atoms with van der Waals surface area (Å²) < 4.78 is 0. The summed E-state index contributed by atoms with van der Waals surface area (Å²) in [6.45, 7) is 8.10. The Hall–Kier alpha value is -1.65. The molecule has 22 heavy (non-hydrogen) atoms. The summed E-state index contributed by atoms with van der Waals surface area (Å²) in [4.78, 5) is 22.9. The van der Waals surface area contributed by atoms with Crippen LogP contribution in [0, 0.1) is 25.7 Å². The van der Waals surface area contributed by atoms with Crippen LogP contribution in [-0.4, -0.2) is 35.0 Å². The van der Waals surface area contributed by atoms with Crippen molar-refractivity contribution in [3.05, 3.63) is 17.6 Å². The van der Waals surface area contributed by atoms with Crippen LogP contribution >= 0.6 is 0 Å². The van der Waals surface area contributed by atoms with Gasteiger partial charge in [0, 0.05) is 37.3 Å². The SMILES string of the molecule is CCC(=O)NC1CCC2CN(c3nc(C)ncc3C)CC2C1. The molecule has 120 valence electrons. The van der Waals surface area contributed by atoms with Crippen molar-refractivity contribution in [2.75, 3.05) is 18.0 Å². The van der Waals surface area contributed by atoms with E-state index in [1.807, 2.05) is 20.0 Å². The first kappa shape index (κ1) is 15.3. The van der Waals surface area contributed by atoms with Gasteiger partial charge in [-0.1, -0.05) is 6.92 Å². The van der Waals surface area contributed by atoms with E-state index < -0.39 is 0 Å². The van der Waals surface area contributed by atoms with Crippen LogP contribution in [0.1, 0.15) is 44.0 Å². The average Bonchev–Trinajstić information content (AvgIpc) is 2.92. The predicted octanol–water partition coefficient (Wildman–Crippen LogP) is 2.22. The summed E-state index contributed by atoms with van der Waals surface area (Å²) >= 11 is 0. The summed E-state index contributed by atoms with van der Waals surface area (Å²) in [5, 5.41) is 3.17. The van der Waals surface area contributed by atoms with Gasteiger partial charge >= 0.3 is 0 Å². The van der Waals surface area contributed by atoms with E-state index in [1.54, 1.807) is 0 Å². The molecule has 2 fully saturated rings. The molecule has 2 heterocycles. The normalized spacial score (nSPS) is 27.6. The minimum Gasteiger partial charge on any atom is -0.356 e. The molecule has 0 bridgehead atoms. The third-order valence-corrected chi connectivity index (χ3v) is 5.10. The number of amides is 1. The zero-order chi connectivity index (χ0) is 15.7. The van der Waals surface area contributed by atoms with Crippen LogP contribution in [-0.2, 0) is 4.79 Å². The highest BCUT2D eigenvalue weighted by Gasteiger charge is 2.38. The zero-order valence-electron chi connectivity index (χ0n) is 13.8. The van der Waals surface area contributed by atoms with Gasteiger partial charge in [-0.3, -0.25) is 4.79 Å². The number of nitrogens with one attached hydrogen (secondary N) is 1. The Labute approximate surface area is 132 Å². The molecule has 5 nitrogen and oxygen atoms in total. The Morgan fingerprint density at radius 1 is 1.32 bits per heavy atom. The molecule has 3 unspecified atom stereocenters. The molecule has 0 radical (unpaired) electrons. The van der Waals surface area contributed by atoms with Crippen LogP contribution < -0.4 is 10.2 Å². The Bertz CT molecular complexity index is 560. The first-order valence-corrected chi connectivity index (χ1v) is 8.41. The molecule has 1 aliphatic heterocycles. The Kier molecular flexibility index (Phi) is 4.32. The number of nitrogens with zero attached hydrogens (tertiary/aromatic N) is 3. The molecule has 1 aromatic heterocycles. The van der Waals surface area contributed by atoms with Gasteiger partial charge in [-0.15, -0.1) is 0 Å². The largest absolute Gasteiger partial charge is 0.356 e. The van der Waals surface area contributed by atoms with E-state index in [0.29, 0.717) is 18.4 Å². The lowest BCUT2D eigenvalue weighted by Gasteiger charge is -2.31. The standard InChI is InChI=1S/C17H26N4O/c1-4-16(22)20-15-6-5-13-9-21(10-14(13)7-15)17-11(2)8-18-12(3)19-17/h8,13-15H,4-7,9-10H2,1-3H3,(H,20,22). The molecule has 1 N–H and O–H groups in total. The van der Waals surface area contributed by atoms with Crippen LogP contribution in [0.3, 0.4) is 0 Å². The highest BCUT2D eigenvalue weighted by atomic mass is 16.1. The maximum atomic E-state index is 11.6. The molecule has 1 amide bonds. The molecule has 0 aromatic carbocycles. The van der Waals surface area contributed by atoms with Crippen LogP contribution in [0.5, 0.6) is 0 Å². The van der Waals surface area contributed by atoms with E-state index >= 15 is 0 Å². The summed E-state index contributed by atoms with van der Waals surface area (Å²) in [6, 6.07) is 0.363. The maximum Gasteiger partial charge on any atom is 0.219 e. The van der Waals surface area contributed by atoms with Gasteiger partial charge in [-0.2, -0.15) is 0 Å². The summed E-state index contributed by atoms with van der Waals surface area (Å²) in [5.41, 5.74) is 1.15. The molecule has 5 heteroatoms. The first-order valence-electron chi connectivity index (χ1n) is 8.41. The number of aryl methyl sites for hydroxylation is 2. The van der Waals surface area contributed by atoms with E-state index in [-0.39, 0.29) is 5.91 Å². The lowest BCUT2D eigenvalue weighted by Crippen LogP contribution is -2.40. The average molecular weight is 302 g/mol. The van der Waals surface area contributed by atoms with Crippen molar-refractivity contribution in [2.24, 2.45) is 11.8 Å². The van der Waals surface area contributed by atoms with E-state index in [4.69, 9.17) is 0 Å². The van der Waals surface area contributed by atoms with E-state index in [9.17, 15) is 4.79 Å². The second-order valence-electron chi connectivity index (χ2n) is 6.78. The highest BCUT2D eigenvalue weighted by molar-refractivity contribution is 5.75. The lowest BCUT2D eigenvalue weighted by molar-refractivity contribution is -0.121. The molecule has 1 aliphatic carbocycles. The second kappa shape index (κ2) is 6.23. The van der Waals surface area contributed by atoms with Gasteiger partial charge in [0.2, 0.25) is 5.91 Å². The van der Waals surface area contributed by atoms with Gasteiger partial charge in [-0.05, 0) is 44.9 Å². The monoisotopic (exact) mass is 302 g/mol. The van der Waals surface area contributed by atoms with E-state index in [1.165, 1.54) is 6.42 Å². The maximum absolute atomic E-state index is 11.6. The molecule has 0 spiro atoms. The summed E-state index contributed by atoms with van der Waals surface area (Å²) in [7, 11) is 0. The third kappa shape index (κ3) is 3.08. The minimum absolute atomic E-state index is 0.181. The van der Waals surface area contributed by atoms with Crippen molar-refractivity contribution >= 4 is 11.7 Å².